The second-order valence-corrected chi connectivity index (χ2v) is 5.47. The summed E-state index contributed by atoms with van der Waals surface area (Å²) in [7, 11) is 1.51. The lowest BCUT2D eigenvalue weighted by Gasteiger charge is -2.24. The van der Waals surface area contributed by atoms with Crippen molar-refractivity contribution in [3.05, 3.63) is 0 Å². The van der Waals surface area contributed by atoms with Gasteiger partial charge in [-0.3, -0.25) is 4.79 Å². The van der Waals surface area contributed by atoms with Crippen LogP contribution in [0, 0.1) is 17.8 Å². The van der Waals surface area contributed by atoms with Crippen LogP contribution >= 0.6 is 0 Å². The maximum absolute atomic E-state index is 11.6. The molecule has 0 aromatic carbocycles. The molecule has 1 fully saturated rings. The first-order valence-corrected chi connectivity index (χ1v) is 7.30. The SMILES string of the molecule is CCCC1CCC(C(=O)OC)CCC1CCC. The Kier molecular flexibility index (Phi) is 6.61. The summed E-state index contributed by atoms with van der Waals surface area (Å²) in [6.45, 7) is 4.54. The van der Waals surface area contributed by atoms with Gasteiger partial charge in [0.15, 0.2) is 0 Å². The summed E-state index contributed by atoms with van der Waals surface area (Å²) in [5, 5.41) is 0. The van der Waals surface area contributed by atoms with Crippen LogP contribution in [0.3, 0.4) is 0 Å². The normalized spacial score (nSPS) is 29.7. The summed E-state index contributed by atoms with van der Waals surface area (Å²) < 4.78 is 4.90. The fourth-order valence-electron chi connectivity index (χ4n) is 3.35. The number of hydrogen-bond acceptors (Lipinski definition) is 2. The summed E-state index contributed by atoms with van der Waals surface area (Å²) in [6, 6.07) is 0. The molecule has 1 aliphatic carbocycles. The van der Waals surface area contributed by atoms with E-state index in [2.05, 4.69) is 13.8 Å². The van der Waals surface area contributed by atoms with E-state index in [1.54, 1.807) is 0 Å². The first-order chi connectivity index (χ1) is 8.22. The molecule has 100 valence electrons. The highest BCUT2D eigenvalue weighted by Crippen LogP contribution is 2.37. The summed E-state index contributed by atoms with van der Waals surface area (Å²) in [4.78, 5) is 11.6. The van der Waals surface area contributed by atoms with Crippen LogP contribution in [0.4, 0.5) is 0 Å². The van der Waals surface area contributed by atoms with Crippen molar-refractivity contribution >= 4 is 5.97 Å². The number of esters is 1. The summed E-state index contributed by atoms with van der Waals surface area (Å²) >= 11 is 0. The maximum Gasteiger partial charge on any atom is 0.308 e. The van der Waals surface area contributed by atoms with Gasteiger partial charge in [-0.25, -0.2) is 0 Å². The number of methoxy groups -OCH3 is 1. The molecule has 0 N–H and O–H groups in total. The van der Waals surface area contributed by atoms with Crippen molar-refractivity contribution in [2.75, 3.05) is 7.11 Å². The highest BCUT2D eigenvalue weighted by Gasteiger charge is 2.29. The zero-order valence-corrected chi connectivity index (χ0v) is 11.7. The number of rotatable bonds is 5. The van der Waals surface area contributed by atoms with Gasteiger partial charge in [0.25, 0.3) is 0 Å². The zero-order chi connectivity index (χ0) is 12.7. The molecule has 0 aliphatic heterocycles. The average molecular weight is 240 g/mol. The molecular formula is C15H28O2. The van der Waals surface area contributed by atoms with Gasteiger partial charge in [-0.1, -0.05) is 39.5 Å². The molecule has 0 radical (unpaired) electrons. The molecule has 0 spiro atoms. The third-order valence-corrected chi connectivity index (χ3v) is 4.29. The van der Waals surface area contributed by atoms with E-state index in [4.69, 9.17) is 4.74 Å². The van der Waals surface area contributed by atoms with Gasteiger partial charge in [-0.05, 0) is 37.5 Å². The minimum Gasteiger partial charge on any atom is -0.469 e. The number of carbonyl (C=O) groups excluding carboxylic acids is 1. The van der Waals surface area contributed by atoms with E-state index < -0.39 is 0 Å². The summed E-state index contributed by atoms with van der Waals surface area (Å²) in [6.07, 6.45) is 9.73. The van der Waals surface area contributed by atoms with Gasteiger partial charge < -0.3 is 4.74 Å². The molecule has 2 atom stereocenters. The van der Waals surface area contributed by atoms with E-state index in [0.29, 0.717) is 0 Å². The first-order valence-electron chi connectivity index (χ1n) is 7.30. The third kappa shape index (κ3) is 4.33. The van der Waals surface area contributed by atoms with Crippen molar-refractivity contribution in [1.29, 1.82) is 0 Å². The number of ether oxygens (including phenoxy) is 1. The molecule has 0 heterocycles. The molecule has 17 heavy (non-hydrogen) atoms. The van der Waals surface area contributed by atoms with Crippen molar-refractivity contribution in [2.45, 2.75) is 65.2 Å². The van der Waals surface area contributed by atoms with E-state index in [0.717, 1.165) is 24.7 Å². The Morgan fingerprint density at radius 3 is 1.82 bits per heavy atom. The van der Waals surface area contributed by atoms with Gasteiger partial charge in [-0.15, -0.1) is 0 Å². The van der Waals surface area contributed by atoms with E-state index >= 15 is 0 Å². The highest BCUT2D eigenvalue weighted by molar-refractivity contribution is 5.72. The highest BCUT2D eigenvalue weighted by atomic mass is 16.5. The lowest BCUT2D eigenvalue weighted by atomic mass is 9.82. The molecular weight excluding hydrogens is 212 g/mol. The fraction of sp³-hybridized carbons (Fsp3) is 0.933. The summed E-state index contributed by atoms with van der Waals surface area (Å²) in [5.74, 6) is 1.86. The molecule has 0 amide bonds. The largest absolute Gasteiger partial charge is 0.469 e. The van der Waals surface area contributed by atoms with E-state index in [1.165, 1.54) is 45.6 Å². The Balaban J connectivity index is 2.57. The van der Waals surface area contributed by atoms with E-state index in [-0.39, 0.29) is 11.9 Å². The third-order valence-electron chi connectivity index (χ3n) is 4.29. The standard InChI is InChI=1S/C15H28O2/c1-4-6-12-8-10-14(15(16)17-3)11-9-13(12)7-5-2/h12-14H,4-11H2,1-3H3. The predicted octanol–water partition coefficient (Wildman–Crippen LogP) is 4.18. The smallest absolute Gasteiger partial charge is 0.308 e. The van der Waals surface area contributed by atoms with Crippen LogP contribution in [0.15, 0.2) is 0 Å². The monoisotopic (exact) mass is 240 g/mol. The van der Waals surface area contributed by atoms with Crippen molar-refractivity contribution in [3.8, 4) is 0 Å². The Bertz CT molecular complexity index is 209. The van der Waals surface area contributed by atoms with Crippen molar-refractivity contribution < 1.29 is 9.53 Å². The Labute approximate surface area is 106 Å². The Morgan fingerprint density at radius 1 is 1.00 bits per heavy atom. The maximum atomic E-state index is 11.6. The van der Waals surface area contributed by atoms with Crippen LogP contribution in [-0.4, -0.2) is 13.1 Å². The fourth-order valence-corrected chi connectivity index (χ4v) is 3.35. The lowest BCUT2D eigenvalue weighted by Crippen LogP contribution is -2.15. The zero-order valence-electron chi connectivity index (χ0n) is 11.7. The van der Waals surface area contributed by atoms with Crippen molar-refractivity contribution in [3.63, 3.8) is 0 Å². The van der Waals surface area contributed by atoms with E-state index in [1.807, 2.05) is 0 Å². The molecule has 2 nitrogen and oxygen atoms in total. The van der Waals surface area contributed by atoms with Crippen LogP contribution in [0.5, 0.6) is 0 Å². The topological polar surface area (TPSA) is 26.3 Å². The van der Waals surface area contributed by atoms with Crippen LogP contribution < -0.4 is 0 Å². The van der Waals surface area contributed by atoms with Gasteiger partial charge >= 0.3 is 5.97 Å². The quantitative estimate of drug-likeness (QED) is 0.532. The minimum absolute atomic E-state index is 0.0115. The summed E-state index contributed by atoms with van der Waals surface area (Å²) in [5.41, 5.74) is 0. The van der Waals surface area contributed by atoms with Crippen molar-refractivity contribution in [2.24, 2.45) is 17.8 Å². The molecule has 1 rings (SSSR count). The van der Waals surface area contributed by atoms with Crippen LogP contribution in [0.25, 0.3) is 0 Å². The number of hydrogen-bond donors (Lipinski definition) is 0. The Morgan fingerprint density at radius 2 is 1.47 bits per heavy atom. The molecule has 1 aliphatic rings. The van der Waals surface area contributed by atoms with Gasteiger partial charge in [-0.2, -0.15) is 0 Å². The molecule has 0 bridgehead atoms. The molecule has 2 unspecified atom stereocenters. The molecule has 0 aromatic heterocycles. The van der Waals surface area contributed by atoms with Gasteiger partial charge in [0.2, 0.25) is 0 Å². The molecule has 1 saturated carbocycles. The molecule has 0 saturated heterocycles. The molecule has 0 aromatic rings. The van der Waals surface area contributed by atoms with Crippen LogP contribution in [0.2, 0.25) is 0 Å². The van der Waals surface area contributed by atoms with Gasteiger partial charge in [0, 0.05) is 0 Å². The van der Waals surface area contributed by atoms with E-state index in [9.17, 15) is 4.79 Å². The second-order valence-electron chi connectivity index (χ2n) is 5.47. The number of carbonyl (C=O) groups is 1. The second kappa shape index (κ2) is 7.73. The lowest BCUT2D eigenvalue weighted by molar-refractivity contribution is -0.145. The van der Waals surface area contributed by atoms with Gasteiger partial charge in [0.1, 0.15) is 0 Å². The Hall–Kier alpha value is -0.530. The average Bonchev–Trinajstić information content (AvgIpc) is 2.53. The van der Waals surface area contributed by atoms with Crippen molar-refractivity contribution in [1.82, 2.24) is 0 Å². The predicted molar refractivity (Wildman–Crippen MR) is 70.8 cm³/mol. The molecule has 2 heteroatoms. The van der Waals surface area contributed by atoms with Gasteiger partial charge in [0.05, 0.1) is 13.0 Å². The first kappa shape index (κ1) is 14.5. The van der Waals surface area contributed by atoms with Crippen LogP contribution in [-0.2, 0) is 9.53 Å². The van der Waals surface area contributed by atoms with Crippen LogP contribution in [0.1, 0.15) is 65.2 Å². The minimum atomic E-state index is 0.0115.